The molecule has 1 amide bonds. The van der Waals surface area contributed by atoms with Crippen LogP contribution in [-0.2, 0) is 16.1 Å². The fourth-order valence-corrected chi connectivity index (χ4v) is 2.40. The SMILES string of the molecule is O=C(CC1COCCN1)NCc1cccc(-n2cncn2)c1. The maximum absolute atomic E-state index is 12.0. The molecule has 0 spiro atoms. The quantitative estimate of drug-likeness (QED) is 0.828. The molecule has 7 heteroatoms. The van der Waals surface area contributed by atoms with Gasteiger partial charge in [-0.1, -0.05) is 12.1 Å². The van der Waals surface area contributed by atoms with Crippen LogP contribution in [0, 0.1) is 0 Å². The van der Waals surface area contributed by atoms with Gasteiger partial charge in [0.25, 0.3) is 0 Å². The lowest BCUT2D eigenvalue weighted by molar-refractivity contribution is -0.122. The zero-order valence-electron chi connectivity index (χ0n) is 12.2. The smallest absolute Gasteiger partial charge is 0.221 e. The Hall–Kier alpha value is -2.25. The molecule has 1 aromatic carbocycles. The van der Waals surface area contributed by atoms with Crippen molar-refractivity contribution in [3.63, 3.8) is 0 Å². The zero-order chi connectivity index (χ0) is 15.2. The molecule has 1 saturated heterocycles. The number of aromatic nitrogens is 3. The molecule has 2 aromatic rings. The maximum Gasteiger partial charge on any atom is 0.221 e. The molecule has 2 heterocycles. The molecule has 1 atom stereocenters. The standard InChI is InChI=1S/C15H19N5O2/c21-15(7-13-9-22-5-4-17-13)18-8-12-2-1-3-14(6-12)20-11-16-10-19-20/h1-3,6,10-11,13,17H,4-5,7-9H2,(H,18,21). The summed E-state index contributed by atoms with van der Waals surface area (Å²) in [6, 6.07) is 7.95. The number of rotatable bonds is 5. The number of benzene rings is 1. The summed E-state index contributed by atoms with van der Waals surface area (Å²) in [4.78, 5) is 15.9. The number of ether oxygens (including phenoxy) is 1. The summed E-state index contributed by atoms with van der Waals surface area (Å²) in [5, 5.41) is 10.3. The van der Waals surface area contributed by atoms with Crippen LogP contribution in [0.2, 0.25) is 0 Å². The lowest BCUT2D eigenvalue weighted by Gasteiger charge is -2.23. The van der Waals surface area contributed by atoms with Gasteiger partial charge in [0.05, 0.1) is 18.9 Å². The van der Waals surface area contributed by atoms with E-state index in [1.165, 1.54) is 6.33 Å². The molecule has 22 heavy (non-hydrogen) atoms. The van der Waals surface area contributed by atoms with Crippen molar-refractivity contribution < 1.29 is 9.53 Å². The van der Waals surface area contributed by atoms with Crippen LogP contribution in [0.25, 0.3) is 5.69 Å². The van der Waals surface area contributed by atoms with Crippen LogP contribution in [0.4, 0.5) is 0 Å². The van der Waals surface area contributed by atoms with Gasteiger partial charge in [0.15, 0.2) is 0 Å². The van der Waals surface area contributed by atoms with Gasteiger partial charge in [-0.15, -0.1) is 0 Å². The second kappa shape index (κ2) is 7.15. The van der Waals surface area contributed by atoms with Crippen LogP contribution in [0.5, 0.6) is 0 Å². The second-order valence-corrected chi connectivity index (χ2v) is 5.22. The molecule has 0 aliphatic carbocycles. The Labute approximate surface area is 128 Å². The van der Waals surface area contributed by atoms with Gasteiger partial charge in [-0.3, -0.25) is 4.79 Å². The van der Waals surface area contributed by atoms with Crippen molar-refractivity contribution in [1.29, 1.82) is 0 Å². The van der Waals surface area contributed by atoms with Gasteiger partial charge in [0.1, 0.15) is 12.7 Å². The lowest BCUT2D eigenvalue weighted by atomic mass is 10.1. The number of nitrogens with one attached hydrogen (secondary N) is 2. The average molecular weight is 301 g/mol. The number of amides is 1. The third-order valence-corrected chi connectivity index (χ3v) is 3.51. The summed E-state index contributed by atoms with van der Waals surface area (Å²) in [7, 11) is 0. The highest BCUT2D eigenvalue weighted by Crippen LogP contribution is 2.09. The Morgan fingerprint density at radius 1 is 1.50 bits per heavy atom. The first kappa shape index (κ1) is 14.7. The molecule has 0 saturated carbocycles. The van der Waals surface area contributed by atoms with Crippen molar-refractivity contribution in [2.24, 2.45) is 0 Å². The van der Waals surface area contributed by atoms with E-state index >= 15 is 0 Å². The molecule has 3 rings (SSSR count). The summed E-state index contributed by atoms with van der Waals surface area (Å²) in [5.41, 5.74) is 1.95. The van der Waals surface area contributed by atoms with E-state index in [2.05, 4.69) is 20.7 Å². The maximum atomic E-state index is 12.0. The number of morpholine rings is 1. The molecule has 7 nitrogen and oxygen atoms in total. The summed E-state index contributed by atoms with van der Waals surface area (Å²) < 4.78 is 7.03. The number of hydrogen-bond acceptors (Lipinski definition) is 5. The molecule has 1 unspecified atom stereocenters. The minimum absolute atomic E-state index is 0.0224. The highest BCUT2D eigenvalue weighted by Gasteiger charge is 2.16. The van der Waals surface area contributed by atoms with Crippen LogP contribution in [-0.4, -0.2) is 46.5 Å². The Morgan fingerprint density at radius 3 is 3.23 bits per heavy atom. The Morgan fingerprint density at radius 2 is 2.45 bits per heavy atom. The van der Waals surface area contributed by atoms with E-state index in [9.17, 15) is 4.79 Å². The average Bonchev–Trinajstić information content (AvgIpc) is 3.09. The first-order valence-corrected chi connectivity index (χ1v) is 7.33. The van der Waals surface area contributed by atoms with Crippen LogP contribution in [0.1, 0.15) is 12.0 Å². The van der Waals surface area contributed by atoms with Crippen molar-refractivity contribution in [3.8, 4) is 5.69 Å². The highest BCUT2D eigenvalue weighted by molar-refractivity contribution is 5.76. The first-order valence-electron chi connectivity index (χ1n) is 7.33. The molecule has 1 aliphatic rings. The van der Waals surface area contributed by atoms with Crippen molar-refractivity contribution in [3.05, 3.63) is 42.5 Å². The van der Waals surface area contributed by atoms with Crippen molar-refractivity contribution in [2.45, 2.75) is 19.0 Å². The zero-order valence-corrected chi connectivity index (χ0v) is 12.2. The first-order chi connectivity index (χ1) is 10.8. The van der Waals surface area contributed by atoms with Gasteiger partial charge in [-0.25, -0.2) is 9.67 Å². The highest BCUT2D eigenvalue weighted by atomic mass is 16.5. The monoisotopic (exact) mass is 301 g/mol. The summed E-state index contributed by atoms with van der Waals surface area (Å²) in [6.07, 6.45) is 3.57. The van der Waals surface area contributed by atoms with E-state index < -0.39 is 0 Å². The van der Waals surface area contributed by atoms with Crippen molar-refractivity contribution in [2.75, 3.05) is 19.8 Å². The summed E-state index contributed by atoms with van der Waals surface area (Å²) in [5.74, 6) is 0.0224. The van der Waals surface area contributed by atoms with E-state index in [4.69, 9.17) is 4.74 Å². The van der Waals surface area contributed by atoms with Gasteiger partial charge < -0.3 is 15.4 Å². The van der Waals surface area contributed by atoms with Gasteiger partial charge in [0.2, 0.25) is 5.91 Å². The van der Waals surface area contributed by atoms with Crippen molar-refractivity contribution in [1.82, 2.24) is 25.4 Å². The topological polar surface area (TPSA) is 81.1 Å². The molecule has 0 bridgehead atoms. The van der Waals surface area contributed by atoms with Gasteiger partial charge in [-0.2, -0.15) is 5.10 Å². The summed E-state index contributed by atoms with van der Waals surface area (Å²) >= 11 is 0. The number of carbonyl (C=O) groups excluding carboxylic acids is 1. The van der Waals surface area contributed by atoms with E-state index in [0.29, 0.717) is 26.2 Å². The predicted molar refractivity (Wildman–Crippen MR) is 80.4 cm³/mol. The van der Waals surface area contributed by atoms with Crippen molar-refractivity contribution >= 4 is 5.91 Å². The molecular weight excluding hydrogens is 282 g/mol. The minimum atomic E-state index is 0.0224. The summed E-state index contributed by atoms with van der Waals surface area (Å²) in [6.45, 7) is 2.61. The minimum Gasteiger partial charge on any atom is -0.378 e. The Bertz CT molecular complexity index is 608. The van der Waals surface area contributed by atoms with Crippen LogP contribution in [0.3, 0.4) is 0 Å². The lowest BCUT2D eigenvalue weighted by Crippen LogP contribution is -2.44. The Kier molecular flexibility index (Phi) is 4.77. The molecule has 1 aromatic heterocycles. The predicted octanol–water partition coefficient (Wildman–Crippen LogP) is 0.262. The molecular formula is C15H19N5O2. The van der Waals surface area contributed by atoms with E-state index in [1.807, 2.05) is 24.3 Å². The van der Waals surface area contributed by atoms with Gasteiger partial charge in [0, 0.05) is 25.6 Å². The molecule has 1 aliphatic heterocycles. The number of hydrogen-bond donors (Lipinski definition) is 2. The fraction of sp³-hybridized carbons (Fsp3) is 0.400. The fourth-order valence-electron chi connectivity index (χ4n) is 2.40. The van der Waals surface area contributed by atoms with Crippen LogP contribution < -0.4 is 10.6 Å². The number of nitrogens with zero attached hydrogens (tertiary/aromatic N) is 3. The molecule has 1 fully saturated rings. The van der Waals surface area contributed by atoms with E-state index in [0.717, 1.165) is 17.8 Å². The molecule has 2 N–H and O–H groups in total. The van der Waals surface area contributed by atoms with Gasteiger partial charge >= 0.3 is 0 Å². The van der Waals surface area contributed by atoms with Crippen LogP contribution in [0.15, 0.2) is 36.9 Å². The van der Waals surface area contributed by atoms with Gasteiger partial charge in [-0.05, 0) is 17.7 Å². The Balaban J connectivity index is 1.52. The van der Waals surface area contributed by atoms with E-state index in [1.54, 1.807) is 11.0 Å². The van der Waals surface area contributed by atoms with Crippen LogP contribution >= 0.6 is 0 Å². The molecule has 116 valence electrons. The van der Waals surface area contributed by atoms with E-state index in [-0.39, 0.29) is 11.9 Å². The second-order valence-electron chi connectivity index (χ2n) is 5.22. The third kappa shape index (κ3) is 3.90. The molecule has 0 radical (unpaired) electrons. The normalized spacial score (nSPS) is 18.1. The largest absolute Gasteiger partial charge is 0.378 e. The number of carbonyl (C=O) groups is 1. The third-order valence-electron chi connectivity index (χ3n) is 3.51.